The van der Waals surface area contributed by atoms with E-state index in [-0.39, 0.29) is 6.04 Å². The monoisotopic (exact) mass is 420 g/mol. The quantitative estimate of drug-likeness (QED) is 0.599. The van der Waals surface area contributed by atoms with Crippen molar-refractivity contribution >= 4 is 16.9 Å². The third-order valence-electron chi connectivity index (χ3n) is 5.89. The van der Waals surface area contributed by atoms with Gasteiger partial charge >= 0.3 is 5.97 Å². The van der Waals surface area contributed by atoms with Crippen molar-refractivity contribution in [2.75, 3.05) is 20.3 Å². The molecule has 0 spiro atoms. The van der Waals surface area contributed by atoms with E-state index in [2.05, 4.69) is 16.0 Å². The van der Waals surface area contributed by atoms with Crippen LogP contribution in [0.1, 0.15) is 43.4 Å². The van der Waals surface area contributed by atoms with E-state index in [1.54, 1.807) is 7.11 Å². The van der Waals surface area contributed by atoms with Crippen LogP contribution in [0.15, 0.2) is 54.7 Å². The highest BCUT2D eigenvalue weighted by Crippen LogP contribution is 2.38. The third-order valence-corrected chi connectivity index (χ3v) is 5.89. The van der Waals surface area contributed by atoms with Crippen molar-refractivity contribution < 1.29 is 19.4 Å². The molecule has 1 aliphatic rings. The van der Waals surface area contributed by atoms with Crippen LogP contribution in [0.4, 0.5) is 0 Å². The Balaban J connectivity index is 1.86. The first-order valence-electron chi connectivity index (χ1n) is 10.8. The van der Waals surface area contributed by atoms with Crippen LogP contribution in [0, 0.1) is 0 Å². The van der Waals surface area contributed by atoms with Crippen LogP contribution in [-0.2, 0) is 4.79 Å². The van der Waals surface area contributed by atoms with Crippen molar-refractivity contribution in [2.24, 2.45) is 0 Å². The Kier molecular flexibility index (Phi) is 6.37. The number of carbonyl (C=O) groups is 1. The van der Waals surface area contributed by atoms with E-state index in [0.29, 0.717) is 31.1 Å². The molecular weight excluding hydrogens is 392 g/mol. The molecule has 2 aromatic carbocycles. The third kappa shape index (κ3) is 4.35. The van der Waals surface area contributed by atoms with Gasteiger partial charge < -0.3 is 14.6 Å². The standard InChI is InChI=1S/C25H28N2O4/c1-3-31-23-15-18(11-12-22(23)30-2)24(27-13-7-6-10-21(27)25(28)29)19-14-17-8-4-5-9-20(17)26-16-19/h4-5,8-9,11-12,14-16,21,24H,3,6-7,10,13H2,1-2H3,(H,28,29). The van der Waals surface area contributed by atoms with Crippen LogP contribution < -0.4 is 9.47 Å². The van der Waals surface area contributed by atoms with E-state index in [4.69, 9.17) is 9.47 Å². The number of aliphatic carboxylic acids is 1. The number of nitrogens with zero attached hydrogens (tertiary/aromatic N) is 2. The summed E-state index contributed by atoms with van der Waals surface area (Å²) in [5.41, 5.74) is 2.86. The van der Waals surface area contributed by atoms with Gasteiger partial charge in [0, 0.05) is 11.6 Å². The van der Waals surface area contributed by atoms with E-state index in [1.165, 1.54) is 0 Å². The van der Waals surface area contributed by atoms with Gasteiger partial charge in [0.05, 0.1) is 25.3 Å². The number of hydrogen-bond donors (Lipinski definition) is 1. The second-order valence-corrected chi connectivity index (χ2v) is 7.79. The molecule has 6 nitrogen and oxygen atoms in total. The number of benzene rings is 2. The molecule has 1 N–H and O–H groups in total. The number of rotatable bonds is 7. The molecule has 0 bridgehead atoms. The highest BCUT2D eigenvalue weighted by atomic mass is 16.5. The number of ether oxygens (including phenoxy) is 2. The average Bonchev–Trinajstić information content (AvgIpc) is 2.80. The molecule has 0 aliphatic carbocycles. The molecule has 0 radical (unpaired) electrons. The number of aromatic nitrogens is 1. The van der Waals surface area contributed by atoms with E-state index < -0.39 is 12.0 Å². The molecule has 0 saturated carbocycles. The zero-order valence-corrected chi connectivity index (χ0v) is 18.0. The molecule has 2 unspecified atom stereocenters. The summed E-state index contributed by atoms with van der Waals surface area (Å²) in [4.78, 5) is 18.9. The fraction of sp³-hybridized carbons (Fsp3) is 0.360. The number of para-hydroxylation sites is 1. The van der Waals surface area contributed by atoms with E-state index >= 15 is 0 Å². The van der Waals surface area contributed by atoms with Crippen LogP contribution in [0.25, 0.3) is 10.9 Å². The first-order chi connectivity index (χ1) is 15.1. The van der Waals surface area contributed by atoms with Gasteiger partial charge in [-0.2, -0.15) is 0 Å². The SMILES string of the molecule is CCOc1cc(C(c2cnc3ccccc3c2)N2CCCCC2C(=O)O)ccc1OC. The number of piperidine rings is 1. The topological polar surface area (TPSA) is 71.9 Å². The van der Waals surface area contributed by atoms with Crippen molar-refractivity contribution in [2.45, 2.75) is 38.3 Å². The maximum atomic E-state index is 12.1. The maximum Gasteiger partial charge on any atom is 0.320 e. The number of likely N-dealkylation sites (tertiary alicyclic amines) is 1. The van der Waals surface area contributed by atoms with Gasteiger partial charge in [0.2, 0.25) is 0 Å². The lowest BCUT2D eigenvalue weighted by molar-refractivity contribution is -0.145. The van der Waals surface area contributed by atoms with Crippen LogP contribution >= 0.6 is 0 Å². The lowest BCUT2D eigenvalue weighted by Gasteiger charge is -2.39. The van der Waals surface area contributed by atoms with Crippen molar-refractivity contribution in [3.05, 3.63) is 65.9 Å². The van der Waals surface area contributed by atoms with Gasteiger partial charge in [-0.3, -0.25) is 14.7 Å². The van der Waals surface area contributed by atoms with Crippen molar-refractivity contribution in [3.63, 3.8) is 0 Å². The summed E-state index contributed by atoms with van der Waals surface area (Å²) in [5.74, 6) is 0.538. The Morgan fingerprint density at radius 3 is 2.77 bits per heavy atom. The van der Waals surface area contributed by atoms with Crippen molar-refractivity contribution in [1.82, 2.24) is 9.88 Å². The largest absolute Gasteiger partial charge is 0.493 e. The second-order valence-electron chi connectivity index (χ2n) is 7.79. The van der Waals surface area contributed by atoms with Gasteiger partial charge in [0.15, 0.2) is 11.5 Å². The zero-order chi connectivity index (χ0) is 21.8. The zero-order valence-electron chi connectivity index (χ0n) is 18.0. The first-order valence-corrected chi connectivity index (χ1v) is 10.8. The molecule has 4 rings (SSSR count). The number of methoxy groups -OCH3 is 1. The summed E-state index contributed by atoms with van der Waals surface area (Å²) in [6.45, 7) is 3.16. The van der Waals surface area contributed by atoms with Crippen LogP contribution in [0.2, 0.25) is 0 Å². The lowest BCUT2D eigenvalue weighted by Crippen LogP contribution is -2.46. The molecule has 162 valence electrons. The summed E-state index contributed by atoms with van der Waals surface area (Å²) >= 11 is 0. The molecule has 31 heavy (non-hydrogen) atoms. The van der Waals surface area contributed by atoms with Crippen molar-refractivity contribution in [1.29, 1.82) is 0 Å². The molecule has 2 atom stereocenters. The Bertz CT molecular complexity index is 1070. The van der Waals surface area contributed by atoms with Crippen molar-refractivity contribution in [3.8, 4) is 11.5 Å². The molecule has 1 saturated heterocycles. The summed E-state index contributed by atoms with van der Waals surface area (Å²) in [7, 11) is 1.62. The summed E-state index contributed by atoms with van der Waals surface area (Å²) in [6.07, 6.45) is 4.39. The Hall–Kier alpha value is -3.12. The molecule has 0 amide bonds. The van der Waals surface area contributed by atoms with Gasteiger partial charge in [-0.1, -0.05) is 30.7 Å². The van der Waals surface area contributed by atoms with Crippen LogP contribution in [0.3, 0.4) is 0 Å². The van der Waals surface area contributed by atoms with Gasteiger partial charge in [-0.15, -0.1) is 0 Å². The average molecular weight is 421 g/mol. The molecule has 1 aliphatic heterocycles. The first kappa shape index (κ1) is 21.1. The van der Waals surface area contributed by atoms with E-state index in [1.807, 2.05) is 55.6 Å². The molecule has 1 aromatic heterocycles. The smallest absolute Gasteiger partial charge is 0.320 e. The predicted octanol–water partition coefficient (Wildman–Crippen LogP) is 4.67. The molecule has 3 aromatic rings. The number of carboxylic acid groups (broad SMARTS) is 1. The van der Waals surface area contributed by atoms with Gasteiger partial charge in [-0.25, -0.2) is 0 Å². The number of carboxylic acids is 1. The normalized spacial score (nSPS) is 17.9. The molecule has 2 heterocycles. The minimum atomic E-state index is -0.781. The number of hydrogen-bond acceptors (Lipinski definition) is 5. The highest BCUT2D eigenvalue weighted by Gasteiger charge is 2.35. The molecule has 1 fully saturated rings. The van der Waals surface area contributed by atoms with Crippen LogP contribution in [-0.4, -0.2) is 47.3 Å². The minimum Gasteiger partial charge on any atom is -0.493 e. The summed E-state index contributed by atoms with van der Waals surface area (Å²) in [6, 6.07) is 15.2. The number of fused-ring (bicyclic) bond motifs is 1. The second kappa shape index (κ2) is 9.35. The van der Waals surface area contributed by atoms with Gasteiger partial charge in [0.25, 0.3) is 0 Å². The Morgan fingerprint density at radius 2 is 2.00 bits per heavy atom. The highest BCUT2D eigenvalue weighted by molar-refractivity contribution is 5.79. The Morgan fingerprint density at radius 1 is 1.16 bits per heavy atom. The van der Waals surface area contributed by atoms with Gasteiger partial charge in [0.1, 0.15) is 6.04 Å². The van der Waals surface area contributed by atoms with Crippen LogP contribution in [0.5, 0.6) is 11.5 Å². The fourth-order valence-electron chi connectivity index (χ4n) is 4.47. The lowest BCUT2D eigenvalue weighted by atomic mass is 9.91. The predicted molar refractivity (Wildman–Crippen MR) is 120 cm³/mol. The summed E-state index contributed by atoms with van der Waals surface area (Å²) < 4.78 is 11.3. The number of pyridine rings is 1. The van der Waals surface area contributed by atoms with E-state index in [9.17, 15) is 9.90 Å². The Labute approximate surface area is 182 Å². The summed E-state index contributed by atoms with van der Waals surface area (Å²) in [5, 5.41) is 11.0. The molecule has 6 heteroatoms. The minimum absolute atomic E-state index is 0.247. The molecular formula is C25H28N2O4. The van der Waals surface area contributed by atoms with Gasteiger partial charge in [-0.05, 0) is 61.7 Å². The maximum absolute atomic E-state index is 12.1. The fourth-order valence-corrected chi connectivity index (χ4v) is 4.47. The van der Waals surface area contributed by atoms with E-state index in [0.717, 1.165) is 34.9 Å².